The Hall–Kier alpha value is -1.86. The number of pyridine rings is 1. The molecule has 124 valence electrons. The minimum absolute atomic E-state index is 0.686. The van der Waals surface area contributed by atoms with Crippen LogP contribution in [0.4, 0.5) is 5.69 Å². The summed E-state index contributed by atoms with van der Waals surface area (Å²) in [5.74, 6) is 0.686. The molecule has 0 unspecified atom stereocenters. The van der Waals surface area contributed by atoms with Gasteiger partial charge in [0.25, 0.3) is 0 Å². The lowest BCUT2D eigenvalue weighted by Crippen LogP contribution is -2.34. The van der Waals surface area contributed by atoms with Crippen molar-refractivity contribution in [1.29, 1.82) is 5.26 Å². The van der Waals surface area contributed by atoms with Crippen molar-refractivity contribution in [2.45, 2.75) is 33.1 Å². The first kappa shape index (κ1) is 17.0. The number of halogens is 1. The Morgan fingerprint density at radius 3 is 2.62 bits per heavy atom. The minimum Gasteiger partial charge on any atom is -0.370 e. The average molecular weight is 384 g/mol. The van der Waals surface area contributed by atoms with Crippen LogP contribution >= 0.6 is 15.9 Å². The molecule has 0 radical (unpaired) electrons. The highest BCUT2D eigenvalue weighted by molar-refractivity contribution is 9.10. The minimum atomic E-state index is 0.686. The number of piperidine rings is 1. The molecular weight excluding hydrogens is 362 g/mol. The van der Waals surface area contributed by atoms with Crippen LogP contribution in [-0.4, -0.2) is 18.1 Å². The van der Waals surface area contributed by atoms with E-state index in [2.05, 4.69) is 50.9 Å². The molecule has 1 saturated heterocycles. The Morgan fingerprint density at radius 2 is 1.92 bits per heavy atom. The van der Waals surface area contributed by atoms with Crippen LogP contribution in [0.25, 0.3) is 0 Å². The summed E-state index contributed by atoms with van der Waals surface area (Å²) in [4.78, 5) is 6.98. The van der Waals surface area contributed by atoms with E-state index in [0.29, 0.717) is 5.92 Å². The number of rotatable bonds is 3. The number of benzene rings is 1. The number of aromatic nitrogens is 1. The van der Waals surface area contributed by atoms with Gasteiger partial charge in [0.2, 0.25) is 0 Å². The van der Waals surface area contributed by atoms with Gasteiger partial charge in [-0.1, -0.05) is 12.1 Å². The van der Waals surface area contributed by atoms with Crippen molar-refractivity contribution in [2.75, 3.05) is 18.0 Å². The Balaban J connectivity index is 1.66. The molecule has 24 heavy (non-hydrogen) atoms. The highest BCUT2D eigenvalue weighted by atomic mass is 79.9. The van der Waals surface area contributed by atoms with Gasteiger partial charge in [0.05, 0.1) is 16.9 Å². The van der Waals surface area contributed by atoms with Gasteiger partial charge in [-0.15, -0.1) is 0 Å². The molecule has 1 aliphatic rings. The highest BCUT2D eigenvalue weighted by Gasteiger charge is 2.22. The van der Waals surface area contributed by atoms with Crippen molar-refractivity contribution in [1.82, 2.24) is 4.98 Å². The molecule has 0 saturated carbocycles. The fourth-order valence-electron chi connectivity index (χ4n) is 3.48. The summed E-state index contributed by atoms with van der Waals surface area (Å²) in [5.41, 5.74) is 5.41. The molecule has 1 fully saturated rings. The molecule has 0 bridgehead atoms. The van der Waals surface area contributed by atoms with Crippen LogP contribution in [-0.2, 0) is 6.42 Å². The molecule has 0 N–H and O–H groups in total. The molecule has 1 aromatic heterocycles. The smallest absolute Gasteiger partial charge is 0.101 e. The first-order valence-corrected chi connectivity index (χ1v) is 9.24. The molecule has 2 aromatic rings. The van der Waals surface area contributed by atoms with Crippen molar-refractivity contribution < 1.29 is 0 Å². The van der Waals surface area contributed by atoms with Crippen molar-refractivity contribution in [3.8, 4) is 6.07 Å². The third kappa shape index (κ3) is 3.62. The van der Waals surface area contributed by atoms with Gasteiger partial charge in [0, 0.05) is 23.3 Å². The molecule has 4 heteroatoms. The SMILES string of the molecule is Cc1nc(C)c(CC2CCN(c3ccccc3C#N)CC2)cc1Br. The predicted octanol–water partition coefficient (Wildman–Crippen LogP) is 4.79. The lowest BCUT2D eigenvalue weighted by molar-refractivity contribution is 0.402. The molecule has 0 amide bonds. The number of nitriles is 1. The fraction of sp³-hybridized carbons (Fsp3) is 0.400. The van der Waals surface area contributed by atoms with E-state index in [9.17, 15) is 5.26 Å². The molecule has 3 nitrogen and oxygen atoms in total. The zero-order valence-electron chi connectivity index (χ0n) is 14.2. The average Bonchev–Trinajstić information content (AvgIpc) is 2.60. The molecule has 0 spiro atoms. The lowest BCUT2D eigenvalue weighted by atomic mass is 9.89. The van der Waals surface area contributed by atoms with Gasteiger partial charge in [-0.3, -0.25) is 4.98 Å². The predicted molar refractivity (Wildman–Crippen MR) is 101 cm³/mol. The number of hydrogen-bond acceptors (Lipinski definition) is 3. The van der Waals surface area contributed by atoms with E-state index in [1.807, 2.05) is 25.1 Å². The maximum Gasteiger partial charge on any atom is 0.101 e. The topological polar surface area (TPSA) is 39.9 Å². The second-order valence-corrected chi connectivity index (χ2v) is 7.42. The van der Waals surface area contributed by atoms with Crippen LogP contribution in [0, 0.1) is 31.1 Å². The van der Waals surface area contributed by atoms with Crippen LogP contribution in [0.1, 0.15) is 35.4 Å². The Morgan fingerprint density at radius 1 is 1.21 bits per heavy atom. The van der Waals surface area contributed by atoms with Crippen molar-refractivity contribution in [2.24, 2.45) is 5.92 Å². The van der Waals surface area contributed by atoms with E-state index in [0.717, 1.165) is 59.5 Å². The summed E-state index contributed by atoms with van der Waals surface area (Å²) < 4.78 is 1.10. The summed E-state index contributed by atoms with van der Waals surface area (Å²) >= 11 is 3.60. The molecule has 2 heterocycles. The first-order valence-electron chi connectivity index (χ1n) is 8.45. The van der Waals surface area contributed by atoms with E-state index in [1.54, 1.807) is 0 Å². The van der Waals surface area contributed by atoms with E-state index < -0.39 is 0 Å². The van der Waals surface area contributed by atoms with E-state index in [1.165, 1.54) is 5.56 Å². The van der Waals surface area contributed by atoms with E-state index in [4.69, 9.17) is 0 Å². The zero-order chi connectivity index (χ0) is 17.1. The molecular formula is C20H22BrN3. The van der Waals surface area contributed by atoms with Crippen LogP contribution < -0.4 is 4.90 Å². The largest absolute Gasteiger partial charge is 0.370 e. The second-order valence-electron chi connectivity index (χ2n) is 6.56. The number of aryl methyl sites for hydroxylation is 2. The first-order chi connectivity index (χ1) is 11.6. The number of para-hydroxylation sites is 1. The van der Waals surface area contributed by atoms with Crippen LogP contribution in [0.15, 0.2) is 34.8 Å². The Labute approximate surface area is 152 Å². The second kappa shape index (κ2) is 7.36. The standard InChI is InChI=1S/C20H22BrN3/c1-14-18(12-19(21)15(2)23-14)11-16-7-9-24(10-8-16)20-6-4-3-5-17(20)13-22/h3-6,12,16H,7-11H2,1-2H3. The summed E-state index contributed by atoms with van der Waals surface area (Å²) in [6.45, 7) is 6.17. The number of anilines is 1. The van der Waals surface area contributed by atoms with Crippen molar-refractivity contribution in [3.05, 3.63) is 57.3 Å². The number of nitrogens with zero attached hydrogens (tertiary/aromatic N) is 3. The molecule has 1 aliphatic heterocycles. The zero-order valence-corrected chi connectivity index (χ0v) is 15.8. The van der Waals surface area contributed by atoms with Gasteiger partial charge in [0.15, 0.2) is 0 Å². The van der Waals surface area contributed by atoms with Crippen LogP contribution in [0.2, 0.25) is 0 Å². The molecule has 3 rings (SSSR count). The summed E-state index contributed by atoms with van der Waals surface area (Å²) in [6, 6.07) is 12.4. The molecule has 0 aliphatic carbocycles. The maximum atomic E-state index is 9.29. The number of hydrogen-bond donors (Lipinski definition) is 0. The highest BCUT2D eigenvalue weighted by Crippen LogP contribution is 2.29. The maximum absolute atomic E-state index is 9.29. The van der Waals surface area contributed by atoms with Gasteiger partial charge in [0.1, 0.15) is 6.07 Å². The van der Waals surface area contributed by atoms with Crippen molar-refractivity contribution in [3.63, 3.8) is 0 Å². The fourth-order valence-corrected chi connectivity index (χ4v) is 3.84. The van der Waals surface area contributed by atoms with Crippen LogP contribution in [0.5, 0.6) is 0 Å². The monoisotopic (exact) mass is 383 g/mol. The molecule has 1 aromatic carbocycles. The summed E-state index contributed by atoms with van der Waals surface area (Å²) in [7, 11) is 0. The Bertz CT molecular complexity index is 771. The van der Waals surface area contributed by atoms with Gasteiger partial charge in [-0.2, -0.15) is 5.26 Å². The quantitative estimate of drug-likeness (QED) is 0.764. The van der Waals surface area contributed by atoms with Gasteiger partial charge < -0.3 is 4.90 Å². The van der Waals surface area contributed by atoms with Gasteiger partial charge >= 0.3 is 0 Å². The van der Waals surface area contributed by atoms with Crippen molar-refractivity contribution >= 4 is 21.6 Å². The van der Waals surface area contributed by atoms with Crippen LogP contribution in [0.3, 0.4) is 0 Å². The molecule has 0 atom stereocenters. The van der Waals surface area contributed by atoms with E-state index >= 15 is 0 Å². The third-order valence-electron chi connectivity index (χ3n) is 4.94. The third-order valence-corrected chi connectivity index (χ3v) is 5.74. The lowest BCUT2D eigenvalue weighted by Gasteiger charge is -2.34. The van der Waals surface area contributed by atoms with Gasteiger partial charge in [-0.05, 0) is 78.7 Å². The van der Waals surface area contributed by atoms with E-state index in [-0.39, 0.29) is 0 Å². The Kier molecular flexibility index (Phi) is 5.20. The summed E-state index contributed by atoms with van der Waals surface area (Å²) in [5, 5.41) is 9.29. The summed E-state index contributed by atoms with van der Waals surface area (Å²) in [6.07, 6.45) is 3.40. The van der Waals surface area contributed by atoms with Gasteiger partial charge in [-0.25, -0.2) is 0 Å². The normalized spacial score (nSPS) is 15.3.